The van der Waals surface area contributed by atoms with Crippen molar-refractivity contribution in [3.05, 3.63) is 119 Å². The van der Waals surface area contributed by atoms with Crippen molar-refractivity contribution in [1.29, 1.82) is 0 Å². The average molecular weight is 589 g/mol. The molecule has 2 aliphatic rings. The summed E-state index contributed by atoms with van der Waals surface area (Å²) in [4.78, 5) is 18.2. The van der Waals surface area contributed by atoms with Crippen LogP contribution in [0.3, 0.4) is 0 Å². The van der Waals surface area contributed by atoms with Gasteiger partial charge in [-0.15, -0.1) is 0 Å². The zero-order valence-corrected chi connectivity index (χ0v) is 24.3. The highest BCUT2D eigenvalue weighted by atomic mass is 16.9. The molecule has 0 radical (unpaired) electrons. The largest absolute Gasteiger partial charge is 0.431 e. The maximum atomic E-state index is 6.43. The molecule has 0 aromatic heterocycles. The van der Waals surface area contributed by atoms with Crippen LogP contribution in [-0.2, 0) is 4.74 Å². The Labute approximate surface area is 256 Å². The number of aryl methyl sites for hydroxylation is 1. The second kappa shape index (κ2) is 14.3. The Kier molecular flexibility index (Phi) is 9.34. The number of para-hydroxylation sites is 3. The Bertz CT molecular complexity index is 1640. The summed E-state index contributed by atoms with van der Waals surface area (Å²) in [7, 11) is 0. The molecule has 4 aromatic carbocycles. The number of aliphatic imine (C=N–C) groups is 4. The third-order valence-electron chi connectivity index (χ3n) is 6.78. The van der Waals surface area contributed by atoms with E-state index >= 15 is 0 Å². The third kappa shape index (κ3) is 7.37. The summed E-state index contributed by atoms with van der Waals surface area (Å²) in [5, 5.41) is 0. The van der Waals surface area contributed by atoms with Gasteiger partial charge in [0.05, 0.1) is 26.2 Å². The van der Waals surface area contributed by atoms with Gasteiger partial charge in [-0.3, -0.25) is 20.0 Å². The molecule has 0 spiro atoms. The molecule has 9 nitrogen and oxygen atoms in total. The second-order valence-electron chi connectivity index (χ2n) is 9.93. The minimum atomic E-state index is -1.30. The van der Waals surface area contributed by atoms with E-state index in [-0.39, 0.29) is 0 Å². The first-order valence-corrected chi connectivity index (χ1v) is 14.4. The summed E-state index contributed by atoms with van der Waals surface area (Å²) in [6, 6.07) is 28.3. The first-order chi connectivity index (χ1) is 21.7. The molecular weight excluding hydrogens is 556 g/mol. The van der Waals surface area contributed by atoms with Crippen molar-refractivity contribution in [3.63, 3.8) is 0 Å². The van der Waals surface area contributed by atoms with Gasteiger partial charge in [0.2, 0.25) is 0 Å². The van der Waals surface area contributed by atoms with E-state index < -0.39 is 13.0 Å². The molecule has 6 rings (SSSR count). The van der Waals surface area contributed by atoms with Crippen molar-refractivity contribution in [3.8, 4) is 23.0 Å². The van der Waals surface area contributed by atoms with Gasteiger partial charge in [0.25, 0.3) is 0 Å². The molecule has 0 saturated carbocycles. The topological polar surface area (TPSA) is 95.6 Å². The molecule has 0 bridgehead atoms. The predicted octanol–water partition coefficient (Wildman–Crippen LogP) is 5.90. The smallest absolute Gasteiger partial charge is 0.366 e. The number of rotatable bonds is 2. The van der Waals surface area contributed by atoms with Crippen LogP contribution in [0.5, 0.6) is 23.0 Å². The Morgan fingerprint density at radius 3 is 1.34 bits per heavy atom. The standard InChI is InChI=1S/C35H32N4O5/c1-25-9-8-16-33-29(25)24-39-20-19-38-23-28-12-4-7-15-32(28)42-35(43-33)44-34-40-30-13-5-2-10-26(30)21-36-17-18-37-22-27-11-3-6-14-31(27)41-34/h2-16,21-24,34-35H,17-20H2,1H3/b36-21+,37-22+,38-23+,39-24+. The second-order valence-corrected chi connectivity index (χ2v) is 9.93. The van der Waals surface area contributed by atoms with E-state index in [0.717, 1.165) is 27.8 Å². The maximum absolute atomic E-state index is 6.43. The summed E-state index contributed by atoms with van der Waals surface area (Å²) in [6.07, 6.45) is 7.06. The van der Waals surface area contributed by atoms with Crippen molar-refractivity contribution in [2.45, 2.75) is 19.9 Å². The minimum Gasteiger partial charge on any atom is -0.431 e. The lowest BCUT2D eigenvalue weighted by Gasteiger charge is -2.27. The van der Waals surface area contributed by atoms with Gasteiger partial charge in [0.15, 0.2) is 0 Å². The Balaban J connectivity index is 1.41. The summed E-state index contributed by atoms with van der Waals surface area (Å²) >= 11 is 0. The van der Waals surface area contributed by atoms with Crippen molar-refractivity contribution in [2.75, 3.05) is 26.2 Å². The van der Waals surface area contributed by atoms with Crippen LogP contribution < -0.4 is 18.9 Å². The van der Waals surface area contributed by atoms with E-state index in [2.05, 4.69) is 20.0 Å². The van der Waals surface area contributed by atoms with E-state index in [0.29, 0.717) is 49.2 Å². The van der Waals surface area contributed by atoms with Gasteiger partial charge in [-0.25, -0.2) is 4.74 Å². The van der Waals surface area contributed by atoms with Crippen molar-refractivity contribution < 1.29 is 23.7 Å². The molecule has 0 fully saturated rings. The molecule has 2 aliphatic heterocycles. The highest BCUT2D eigenvalue weighted by molar-refractivity contribution is 5.86. The Morgan fingerprint density at radius 1 is 0.477 bits per heavy atom. The minimum absolute atomic E-state index is 0.513. The van der Waals surface area contributed by atoms with Gasteiger partial charge in [-0.1, -0.05) is 48.5 Å². The normalized spacial score (nSPS) is 19.9. The van der Waals surface area contributed by atoms with Gasteiger partial charge in [0, 0.05) is 47.1 Å². The van der Waals surface area contributed by atoms with Crippen molar-refractivity contribution >= 4 is 24.9 Å². The van der Waals surface area contributed by atoms with Crippen LogP contribution in [0.2, 0.25) is 0 Å². The fourth-order valence-corrected chi connectivity index (χ4v) is 4.55. The van der Waals surface area contributed by atoms with Crippen LogP contribution in [0.25, 0.3) is 0 Å². The van der Waals surface area contributed by atoms with Crippen LogP contribution >= 0.6 is 0 Å². The highest BCUT2D eigenvalue weighted by Gasteiger charge is 2.27. The summed E-state index contributed by atoms with van der Waals surface area (Å²) in [6.45, 7) is 1.51. The first kappa shape index (κ1) is 28.8. The van der Waals surface area contributed by atoms with E-state index in [1.165, 1.54) is 0 Å². The molecule has 44 heavy (non-hydrogen) atoms. The van der Waals surface area contributed by atoms with Crippen molar-refractivity contribution in [2.24, 2.45) is 20.0 Å². The van der Waals surface area contributed by atoms with Gasteiger partial charge < -0.3 is 18.9 Å². The molecule has 1 atom stereocenters. The first-order valence-electron chi connectivity index (χ1n) is 14.4. The van der Waals surface area contributed by atoms with E-state index in [4.69, 9.17) is 23.7 Å². The lowest BCUT2D eigenvalue weighted by atomic mass is 10.1. The van der Waals surface area contributed by atoms with Crippen LogP contribution in [0.1, 0.15) is 27.8 Å². The summed E-state index contributed by atoms with van der Waals surface area (Å²) in [5.74, 6) is 2.07. The number of benzene rings is 4. The van der Waals surface area contributed by atoms with Gasteiger partial charge in [-0.2, -0.15) is 0 Å². The van der Waals surface area contributed by atoms with Crippen LogP contribution in [0.15, 0.2) is 111 Å². The van der Waals surface area contributed by atoms with Crippen molar-refractivity contribution in [1.82, 2.24) is 0 Å². The molecule has 0 aliphatic carbocycles. The zero-order valence-electron chi connectivity index (χ0n) is 24.3. The molecule has 0 amide bonds. The number of hydrogen-bond acceptors (Lipinski definition) is 9. The Hall–Kier alpha value is -5.28. The summed E-state index contributed by atoms with van der Waals surface area (Å²) in [5.41, 5.74) is 4.08. The van der Waals surface area contributed by atoms with Crippen LogP contribution in [-0.4, -0.2) is 64.0 Å². The van der Waals surface area contributed by atoms with Gasteiger partial charge in [-0.05, 0) is 55.0 Å². The molecule has 9 heteroatoms. The lowest BCUT2D eigenvalue weighted by Crippen LogP contribution is -2.38. The number of nitrogens with zero attached hydrogens (tertiary/aromatic N) is 4. The van der Waals surface area contributed by atoms with E-state index in [1.54, 1.807) is 24.9 Å². The SMILES string of the molecule is Cc1cccc2c1/C=N/CC/N=C/c1ccccc1OC(OC1Oc3ccccc3/C=N/CC/N=C/c3ccccc3O1)O2. The Morgan fingerprint density at radius 2 is 0.864 bits per heavy atom. The fraction of sp³-hybridized carbons (Fsp3) is 0.200. The lowest BCUT2D eigenvalue weighted by molar-refractivity contribution is -0.315. The number of hydrogen-bond donors (Lipinski definition) is 0. The monoisotopic (exact) mass is 588 g/mol. The zero-order chi connectivity index (χ0) is 30.0. The maximum Gasteiger partial charge on any atom is 0.366 e. The molecular formula is C35H32N4O5. The van der Waals surface area contributed by atoms with Crippen LogP contribution in [0, 0.1) is 6.92 Å². The average Bonchev–Trinajstić information content (AvgIpc) is 3.05. The molecule has 222 valence electrons. The predicted molar refractivity (Wildman–Crippen MR) is 172 cm³/mol. The molecule has 0 N–H and O–H groups in total. The number of ether oxygens (including phenoxy) is 5. The van der Waals surface area contributed by atoms with Gasteiger partial charge >= 0.3 is 13.0 Å². The molecule has 0 saturated heterocycles. The molecule has 1 unspecified atom stereocenters. The van der Waals surface area contributed by atoms with Gasteiger partial charge in [0.1, 0.15) is 23.0 Å². The van der Waals surface area contributed by atoms with Crippen LogP contribution in [0.4, 0.5) is 0 Å². The molecule has 2 heterocycles. The van der Waals surface area contributed by atoms with E-state index in [9.17, 15) is 0 Å². The van der Waals surface area contributed by atoms with E-state index in [1.807, 2.05) is 97.9 Å². The number of fused-ring (bicyclic) bond motifs is 4. The highest BCUT2D eigenvalue weighted by Crippen LogP contribution is 2.28. The molecule has 4 aromatic rings. The third-order valence-corrected chi connectivity index (χ3v) is 6.78. The summed E-state index contributed by atoms with van der Waals surface area (Å²) < 4.78 is 32.0. The quantitative estimate of drug-likeness (QED) is 0.291. The fourth-order valence-electron chi connectivity index (χ4n) is 4.55.